The highest BCUT2D eigenvalue weighted by Gasteiger charge is 2.30. The van der Waals surface area contributed by atoms with Gasteiger partial charge in [0.25, 0.3) is 10.0 Å². The van der Waals surface area contributed by atoms with E-state index in [0.717, 1.165) is 33.0 Å². The van der Waals surface area contributed by atoms with Gasteiger partial charge >= 0.3 is 0 Å². The van der Waals surface area contributed by atoms with Crippen LogP contribution in [0.3, 0.4) is 0 Å². The first-order chi connectivity index (χ1) is 15.6. The summed E-state index contributed by atoms with van der Waals surface area (Å²) < 4.78 is 34.1. The van der Waals surface area contributed by atoms with Gasteiger partial charge in [-0.15, -0.1) is 0 Å². The molecule has 0 heterocycles. The maximum atomic E-state index is 13.8. The van der Waals surface area contributed by atoms with Crippen LogP contribution in [0.4, 0.5) is 11.4 Å². The van der Waals surface area contributed by atoms with E-state index in [1.807, 2.05) is 51.1 Å². The number of anilines is 2. The smallest absolute Gasteiger partial charge is 0.268 e. The van der Waals surface area contributed by atoms with Gasteiger partial charge in [-0.05, 0) is 85.8 Å². The van der Waals surface area contributed by atoms with E-state index in [-0.39, 0.29) is 17.2 Å². The third-order valence-electron chi connectivity index (χ3n) is 5.60. The number of methoxy groups -OCH3 is 1. The van der Waals surface area contributed by atoms with Crippen LogP contribution in [-0.4, -0.2) is 28.0 Å². The van der Waals surface area contributed by atoms with Gasteiger partial charge in [0.1, 0.15) is 17.2 Å². The summed E-state index contributed by atoms with van der Waals surface area (Å²) >= 11 is 0. The number of carbonyl (C=O) groups excluding carboxylic acids is 1. The van der Waals surface area contributed by atoms with Gasteiger partial charge in [-0.1, -0.05) is 31.2 Å². The molecule has 6 nitrogen and oxygen atoms in total. The Labute approximate surface area is 196 Å². The monoisotopic (exact) mass is 466 g/mol. The number of nitrogens with zero attached hydrogens (tertiary/aromatic N) is 1. The van der Waals surface area contributed by atoms with Crippen LogP contribution in [-0.2, 0) is 21.2 Å². The maximum Gasteiger partial charge on any atom is 0.268 e. The molecular formula is C26H30N2O4S. The third-order valence-corrected chi connectivity index (χ3v) is 7.39. The number of hydrogen-bond acceptors (Lipinski definition) is 4. The Kier molecular flexibility index (Phi) is 7.43. The number of nitrogens with one attached hydrogen (secondary N) is 1. The summed E-state index contributed by atoms with van der Waals surface area (Å²) in [6, 6.07) is 17.8. The fraction of sp³-hybridized carbons (Fsp3) is 0.269. The second-order valence-electron chi connectivity index (χ2n) is 8.03. The van der Waals surface area contributed by atoms with Crippen LogP contribution in [0.1, 0.15) is 29.2 Å². The molecule has 1 amide bonds. The minimum absolute atomic E-state index is 0.0170. The summed E-state index contributed by atoms with van der Waals surface area (Å²) in [6.07, 6.45) is 0.894. The van der Waals surface area contributed by atoms with E-state index in [4.69, 9.17) is 4.74 Å². The van der Waals surface area contributed by atoms with Crippen molar-refractivity contribution in [2.24, 2.45) is 0 Å². The Morgan fingerprint density at radius 3 is 2.24 bits per heavy atom. The van der Waals surface area contributed by atoms with Crippen LogP contribution in [0, 0.1) is 20.8 Å². The van der Waals surface area contributed by atoms with Crippen LogP contribution in [0.25, 0.3) is 0 Å². The second-order valence-corrected chi connectivity index (χ2v) is 9.86. The molecule has 3 aromatic rings. The Hall–Kier alpha value is -3.32. The van der Waals surface area contributed by atoms with Crippen molar-refractivity contribution < 1.29 is 17.9 Å². The SMILES string of the molecule is CCc1ccc(NC(=O)CN(c2ccc(C)c(C)c2)S(=O)(=O)c2cc(C)ccc2OC)cc1. The van der Waals surface area contributed by atoms with E-state index >= 15 is 0 Å². The molecule has 0 aromatic heterocycles. The Morgan fingerprint density at radius 2 is 1.64 bits per heavy atom. The second kappa shape index (κ2) is 10.1. The van der Waals surface area contributed by atoms with Crippen molar-refractivity contribution in [3.05, 3.63) is 82.9 Å². The lowest BCUT2D eigenvalue weighted by Crippen LogP contribution is -2.38. The fourth-order valence-corrected chi connectivity index (χ4v) is 5.11. The van der Waals surface area contributed by atoms with Crippen LogP contribution in [0.5, 0.6) is 5.75 Å². The molecule has 3 rings (SSSR count). The van der Waals surface area contributed by atoms with E-state index < -0.39 is 15.9 Å². The molecule has 0 radical (unpaired) electrons. The van der Waals surface area contributed by atoms with Crippen LogP contribution in [0.15, 0.2) is 65.6 Å². The first-order valence-corrected chi connectivity index (χ1v) is 12.2. The van der Waals surface area contributed by atoms with E-state index in [2.05, 4.69) is 12.2 Å². The minimum atomic E-state index is -4.10. The zero-order valence-electron chi connectivity index (χ0n) is 19.7. The molecule has 0 fully saturated rings. The number of amides is 1. The predicted molar refractivity (Wildman–Crippen MR) is 133 cm³/mol. The molecule has 33 heavy (non-hydrogen) atoms. The molecule has 0 unspecified atom stereocenters. The fourth-order valence-electron chi connectivity index (χ4n) is 3.45. The standard InChI is InChI=1S/C26H30N2O4S/c1-6-21-9-11-22(12-10-21)27-26(29)17-28(23-13-8-19(3)20(4)16-23)33(30,31)25-15-18(2)7-14-24(25)32-5/h7-16H,6,17H2,1-5H3,(H,27,29). The average Bonchev–Trinajstić information content (AvgIpc) is 2.79. The molecule has 0 aliphatic carbocycles. The van der Waals surface area contributed by atoms with Crippen molar-refractivity contribution in [3.63, 3.8) is 0 Å². The minimum Gasteiger partial charge on any atom is -0.495 e. The average molecular weight is 467 g/mol. The zero-order chi connectivity index (χ0) is 24.2. The Morgan fingerprint density at radius 1 is 0.939 bits per heavy atom. The molecular weight excluding hydrogens is 436 g/mol. The van der Waals surface area contributed by atoms with Crippen LogP contribution in [0.2, 0.25) is 0 Å². The number of hydrogen-bond donors (Lipinski definition) is 1. The highest BCUT2D eigenvalue weighted by molar-refractivity contribution is 7.93. The van der Waals surface area contributed by atoms with Crippen LogP contribution >= 0.6 is 0 Å². The molecule has 0 aliphatic heterocycles. The van der Waals surface area contributed by atoms with Crippen molar-refractivity contribution in [2.75, 3.05) is 23.3 Å². The molecule has 0 bridgehead atoms. The molecule has 0 spiro atoms. The topological polar surface area (TPSA) is 75.7 Å². The van der Waals surface area contributed by atoms with E-state index in [9.17, 15) is 13.2 Å². The van der Waals surface area contributed by atoms with Crippen LogP contribution < -0.4 is 14.4 Å². The number of benzene rings is 3. The van der Waals surface area contributed by atoms with E-state index in [1.54, 1.807) is 30.3 Å². The molecule has 3 aromatic carbocycles. The molecule has 0 saturated carbocycles. The molecule has 7 heteroatoms. The van der Waals surface area contributed by atoms with Crippen molar-refractivity contribution in [3.8, 4) is 5.75 Å². The van der Waals surface area contributed by atoms with Crippen molar-refractivity contribution >= 4 is 27.3 Å². The van der Waals surface area contributed by atoms with E-state index in [0.29, 0.717) is 11.4 Å². The summed E-state index contributed by atoms with van der Waals surface area (Å²) in [5.41, 5.74) is 4.92. The number of sulfonamides is 1. The van der Waals surface area contributed by atoms with Crippen molar-refractivity contribution in [1.82, 2.24) is 0 Å². The number of rotatable bonds is 8. The highest BCUT2D eigenvalue weighted by Crippen LogP contribution is 2.31. The lowest BCUT2D eigenvalue weighted by Gasteiger charge is -2.26. The zero-order valence-corrected chi connectivity index (χ0v) is 20.5. The molecule has 0 aliphatic rings. The normalized spacial score (nSPS) is 11.2. The predicted octanol–water partition coefficient (Wildman–Crippen LogP) is 5.02. The van der Waals surface area contributed by atoms with Gasteiger partial charge in [0.05, 0.1) is 12.8 Å². The summed E-state index contributed by atoms with van der Waals surface area (Å²) in [5, 5.41) is 2.81. The van der Waals surface area contributed by atoms with Gasteiger partial charge in [-0.3, -0.25) is 9.10 Å². The third kappa shape index (κ3) is 5.54. The highest BCUT2D eigenvalue weighted by atomic mass is 32.2. The first kappa shape index (κ1) is 24.3. The van der Waals surface area contributed by atoms with Gasteiger partial charge in [0, 0.05) is 5.69 Å². The van der Waals surface area contributed by atoms with E-state index in [1.165, 1.54) is 7.11 Å². The Bertz CT molecular complexity index is 1250. The lowest BCUT2D eigenvalue weighted by molar-refractivity contribution is -0.114. The van der Waals surface area contributed by atoms with Gasteiger partial charge in [-0.25, -0.2) is 8.42 Å². The summed E-state index contributed by atoms with van der Waals surface area (Å²) in [7, 11) is -2.67. The lowest BCUT2D eigenvalue weighted by atomic mass is 10.1. The molecule has 174 valence electrons. The van der Waals surface area contributed by atoms with Crippen molar-refractivity contribution in [1.29, 1.82) is 0 Å². The summed E-state index contributed by atoms with van der Waals surface area (Å²) in [5.74, 6) is -0.210. The first-order valence-electron chi connectivity index (χ1n) is 10.8. The van der Waals surface area contributed by atoms with Gasteiger partial charge in [0.2, 0.25) is 5.91 Å². The quantitative estimate of drug-likeness (QED) is 0.506. The summed E-state index contributed by atoms with van der Waals surface area (Å²) in [4.78, 5) is 13.0. The van der Waals surface area contributed by atoms with Gasteiger partial charge in [-0.2, -0.15) is 0 Å². The number of aryl methyl sites for hydroxylation is 4. The van der Waals surface area contributed by atoms with Gasteiger partial charge in [0.15, 0.2) is 0 Å². The molecule has 0 saturated heterocycles. The number of carbonyl (C=O) groups is 1. The number of ether oxygens (including phenoxy) is 1. The van der Waals surface area contributed by atoms with Gasteiger partial charge < -0.3 is 10.1 Å². The van der Waals surface area contributed by atoms with Crippen molar-refractivity contribution in [2.45, 2.75) is 39.0 Å². The molecule has 1 N–H and O–H groups in total. The largest absolute Gasteiger partial charge is 0.495 e. The molecule has 0 atom stereocenters. The Balaban J connectivity index is 2.01. The summed E-state index contributed by atoms with van der Waals surface area (Å²) in [6.45, 7) is 7.35. The maximum absolute atomic E-state index is 13.8.